The monoisotopic (exact) mass is 501 g/mol. The van der Waals surface area contributed by atoms with Gasteiger partial charge in [-0.15, -0.1) is 5.10 Å². The molecule has 2 N–H and O–H groups in total. The first kappa shape index (κ1) is 24.1. The van der Waals surface area contributed by atoms with E-state index >= 15 is 0 Å². The highest BCUT2D eigenvalue weighted by atomic mass is 35.5. The van der Waals surface area contributed by atoms with Crippen molar-refractivity contribution in [3.8, 4) is 5.75 Å². The number of carbonyl (C=O) groups is 2. The number of aliphatic hydroxyl groups is 1. The lowest BCUT2D eigenvalue weighted by Gasteiger charge is -2.35. The summed E-state index contributed by atoms with van der Waals surface area (Å²) in [5.41, 5.74) is 1.40. The number of likely N-dealkylation sites (tertiary alicyclic amines) is 1. The number of nitrogens with zero attached hydrogens (tertiary/aromatic N) is 4. The predicted molar refractivity (Wildman–Crippen MR) is 129 cm³/mol. The molecule has 2 amide bonds. The fourth-order valence-electron chi connectivity index (χ4n) is 5.06. The Hall–Kier alpha value is -2.65. The van der Waals surface area contributed by atoms with Crippen LogP contribution in [0.1, 0.15) is 63.3 Å². The molecule has 3 heterocycles. The molecular weight excluding hydrogens is 470 g/mol. The topological polar surface area (TPSA) is 110 Å². The first-order chi connectivity index (χ1) is 16.6. The molecule has 1 unspecified atom stereocenters. The van der Waals surface area contributed by atoms with Crippen LogP contribution >= 0.6 is 11.6 Å². The van der Waals surface area contributed by atoms with Crippen LogP contribution in [0.25, 0.3) is 0 Å². The Morgan fingerprint density at radius 2 is 2.06 bits per heavy atom. The summed E-state index contributed by atoms with van der Waals surface area (Å²) in [6.07, 6.45) is 4.08. The molecule has 5 rings (SSSR count). The number of aromatic nitrogens is 3. The minimum absolute atomic E-state index is 0.107. The molecule has 1 aromatic heterocycles. The summed E-state index contributed by atoms with van der Waals surface area (Å²) in [6.45, 7) is 6.34. The van der Waals surface area contributed by atoms with Gasteiger partial charge in [-0.3, -0.25) is 9.59 Å². The number of rotatable bonds is 5. The maximum atomic E-state index is 13.8. The molecule has 0 bridgehead atoms. The Balaban J connectivity index is 1.32. The van der Waals surface area contributed by atoms with E-state index in [4.69, 9.17) is 16.3 Å². The van der Waals surface area contributed by atoms with Gasteiger partial charge in [-0.05, 0) is 42.4 Å². The number of ether oxygens (including phenoxy) is 1. The van der Waals surface area contributed by atoms with Gasteiger partial charge in [0.25, 0.3) is 0 Å². The fourth-order valence-corrected chi connectivity index (χ4v) is 5.22. The zero-order valence-electron chi connectivity index (χ0n) is 20.3. The summed E-state index contributed by atoms with van der Waals surface area (Å²) in [5.74, 6) is 0.625. The van der Waals surface area contributed by atoms with Crippen LogP contribution in [0, 0.1) is 5.41 Å². The lowest BCUT2D eigenvalue weighted by Crippen LogP contribution is -2.53. The van der Waals surface area contributed by atoms with Crippen LogP contribution in [-0.2, 0) is 16.0 Å². The van der Waals surface area contributed by atoms with Crippen LogP contribution in [0.4, 0.5) is 0 Å². The van der Waals surface area contributed by atoms with E-state index in [9.17, 15) is 14.7 Å². The average Bonchev–Trinajstić information content (AvgIpc) is 3.40. The van der Waals surface area contributed by atoms with Gasteiger partial charge in [-0.2, -0.15) is 0 Å². The van der Waals surface area contributed by atoms with Gasteiger partial charge < -0.3 is 20.1 Å². The maximum Gasteiger partial charge on any atom is 0.248 e. The van der Waals surface area contributed by atoms with Crippen LogP contribution in [0.2, 0.25) is 5.02 Å². The summed E-state index contributed by atoms with van der Waals surface area (Å²) < 4.78 is 7.43. The highest BCUT2D eigenvalue weighted by Gasteiger charge is 2.46. The van der Waals surface area contributed by atoms with Crippen molar-refractivity contribution in [2.24, 2.45) is 5.41 Å². The third kappa shape index (κ3) is 5.02. The molecule has 1 saturated carbocycles. The van der Waals surface area contributed by atoms with Gasteiger partial charge in [-0.1, -0.05) is 43.7 Å². The molecule has 10 heteroatoms. The minimum Gasteiger partial charge on any atom is -0.491 e. The van der Waals surface area contributed by atoms with Gasteiger partial charge in [0.05, 0.1) is 17.8 Å². The Bertz CT molecular complexity index is 1130. The van der Waals surface area contributed by atoms with Gasteiger partial charge in [0.15, 0.2) is 0 Å². The maximum absolute atomic E-state index is 13.8. The van der Waals surface area contributed by atoms with Crippen molar-refractivity contribution in [3.63, 3.8) is 0 Å². The van der Waals surface area contributed by atoms with Crippen molar-refractivity contribution in [2.45, 2.75) is 76.6 Å². The van der Waals surface area contributed by atoms with E-state index in [2.05, 4.69) is 15.6 Å². The number of halogens is 1. The number of hydrogen-bond acceptors (Lipinski definition) is 6. The average molecular weight is 502 g/mol. The van der Waals surface area contributed by atoms with Gasteiger partial charge in [0.2, 0.25) is 11.8 Å². The molecule has 0 radical (unpaired) electrons. The Morgan fingerprint density at radius 3 is 2.77 bits per heavy atom. The molecule has 2 fully saturated rings. The molecular formula is C25H32ClN5O4. The Labute approximate surface area is 209 Å². The second kappa shape index (κ2) is 9.09. The fraction of sp³-hybridized carbons (Fsp3) is 0.600. The summed E-state index contributed by atoms with van der Waals surface area (Å²) in [7, 11) is 0. The van der Waals surface area contributed by atoms with Crippen molar-refractivity contribution >= 4 is 23.4 Å². The van der Waals surface area contributed by atoms with E-state index in [-0.39, 0.29) is 30.8 Å². The van der Waals surface area contributed by atoms with E-state index in [0.717, 1.165) is 29.8 Å². The number of nitrogens with one attached hydrogen (secondary N) is 1. The number of fused-ring (bicyclic) bond motifs is 1. The van der Waals surface area contributed by atoms with Gasteiger partial charge >= 0.3 is 0 Å². The van der Waals surface area contributed by atoms with Gasteiger partial charge in [-0.25, -0.2) is 4.68 Å². The number of aliphatic hydroxyl groups excluding tert-OH is 1. The van der Waals surface area contributed by atoms with E-state index in [1.54, 1.807) is 16.8 Å². The molecule has 1 saturated heterocycles. The largest absolute Gasteiger partial charge is 0.491 e. The number of β-amino-alcohol motifs (C(OH)–C–C–N with tert-alkyl or cyclic N) is 1. The summed E-state index contributed by atoms with van der Waals surface area (Å²) in [6, 6.07) is 3.83. The van der Waals surface area contributed by atoms with Crippen LogP contribution in [-0.4, -0.2) is 68.2 Å². The number of amides is 2. The van der Waals surface area contributed by atoms with Crippen molar-refractivity contribution in [3.05, 3.63) is 40.7 Å². The standard InChI is InChI=1S/C25H32ClN5O4/c1-25(2,3)22(31-12-19(28-29-31)14-4-5-14)24(34)30-11-18(32)10-20(30)23(33)27-17-8-15-6-7-16(26)9-21(15)35-13-17/h6-7,9,12,14,17-18,20,22,32H,4-5,8,10-11,13H2,1-3H3,(H,27,33)/t17?,18-,20+,22-/m1/s1. The molecule has 4 atom stereocenters. The zero-order chi connectivity index (χ0) is 24.9. The molecule has 2 aromatic rings. The Morgan fingerprint density at radius 1 is 1.29 bits per heavy atom. The van der Waals surface area contributed by atoms with Crippen molar-refractivity contribution in [1.82, 2.24) is 25.2 Å². The first-order valence-corrected chi connectivity index (χ1v) is 12.6. The molecule has 0 spiro atoms. The second-order valence-corrected chi connectivity index (χ2v) is 11.5. The zero-order valence-corrected chi connectivity index (χ0v) is 21.0. The van der Waals surface area contributed by atoms with Gasteiger partial charge in [0, 0.05) is 30.1 Å². The van der Waals surface area contributed by atoms with E-state index in [0.29, 0.717) is 24.0 Å². The molecule has 188 valence electrons. The van der Waals surface area contributed by atoms with Gasteiger partial charge in [0.1, 0.15) is 24.4 Å². The quantitative estimate of drug-likeness (QED) is 0.651. The highest BCUT2D eigenvalue weighted by molar-refractivity contribution is 6.30. The lowest BCUT2D eigenvalue weighted by molar-refractivity contribution is -0.144. The molecule has 35 heavy (non-hydrogen) atoms. The molecule has 3 aliphatic rings. The number of hydrogen-bond donors (Lipinski definition) is 2. The van der Waals surface area contributed by atoms with E-state index in [1.807, 2.05) is 33.0 Å². The molecule has 2 aliphatic heterocycles. The van der Waals surface area contributed by atoms with E-state index < -0.39 is 23.6 Å². The second-order valence-electron chi connectivity index (χ2n) is 11.0. The predicted octanol–water partition coefficient (Wildman–Crippen LogP) is 2.48. The smallest absolute Gasteiger partial charge is 0.248 e. The summed E-state index contributed by atoms with van der Waals surface area (Å²) in [4.78, 5) is 28.7. The van der Waals surface area contributed by atoms with Crippen LogP contribution < -0.4 is 10.1 Å². The third-order valence-corrected chi connectivity index (χ3v) is 7.22. The third-order valence-electron chi connectivity index (χ3n) is 6.99. The first-order valence-electron chi connectivity index (χ1n) is 12.2. The van der Waals surface area contributed by atoms with Crippen LogP contribution in [0.3, 0.4) is 0 Å². The summed E-state index contributed by atoms with van der Waals surface area (Å²) >= 11 is 6.04. The Kier molecular flexibility index (Phi) is 6.25. The van der Waals surface area contributed by atoms with Crippen LogP contribution in [0.15, 0.2) is 24.4 Å². The van der Waals surface area contributed by atoms with Crippen molar-refractivity contribution in [1.29, 1.82) is 0 Å². The molecule has 1 aliphatic carbocycles. The number of benzene rings is 1. The van der Waals surface area contributed by atoms with Crippen molar-refractivity contribution in [2.75, 3.05) is 13.2 Å². The van der Waals surface area contributed by atoms with Crippen molar-refractivity contribution < 1.29 is 19.4 Å². The van der Waals surface area contributed by atoms with E-state index in [1.165, 1.54) is 4.90 Å². The number of carbonyl (C=O) groups excluding carboxylic acids is 2. The molecule has 9 nitrogen and oxygen atoms in total. The molecule has 1 aromatic carbocycles. The highest BCUT2D eigenvalue weighted by Crippen LogP contribution is 2.40. The summed E-state index contributed by atoms with van der Waals surface area (Å²) in [5, 5.41) is 22.6. The minimum atomic E-state index is -0.765. The SMILES string of the molecule is CC(C)(C)[C@@H](C(=O)N1C[C@H](O)C[C@H]1C(=O)NC1COc2cc(Cl)ccc2C1)n1cc(C2CC2)nn1. The van der Waals surface area contributed by atoms with Crippen LogP contribution in [0.5, 0.6) is 5.75 Å². The lowest BCUT2D eigenvalue weighted by atomic mass is 9.85. The normalized spacial score (nSPS) is 25.1.